The van der Waals surface area contributed by atoms with Gasteiger partial charge in [0.05, 0.1) is 11.3 Å². The Labute approximate surface area is 169 Å². The Balaban J connectivity index is 1.44. The largest absolute Gasteiger partial charge is 0.389 e. The summed E-state index contributed by atoms with van der Waals surface area (Å²) in [5, 5.41) is 18.5. The third-order valence-corrected chi connectivity index (χ3v) is 6.85. The van der Waals surface area contributed by atoms with Gasteiger partial charge in [-0.25, -0.2) is 0 Å². The van der Waals surface area contributed by atoms with Crippen LogP contribution in [0.4, 0.5) is 0 Å². The Hall–Kier alpha value is -1.40. The Morgan fingerprint density at radius 1 is 1.25 bits per heavy atom. The number of piperidine rings is 1. The van der Waals surface area contributed by atoms with E-state index in [-0.39, 0.29) is 17.9 Å². The second kappa shape index (κ2) is 8.95. The maximum atomic E-state index is 12.7. The molecule has 2 N–H and O–H groups in total. The summed E-state index contributed by atoms with van der Waals surface area (Å²) in [5.74, 6) is 0.0922. The molecule has 1 unspecified atom stereocenters. The topological polar surface area (TPSA) is 70.4 Å². The summed E-state index contributed by atoms with van der Waals surface area (Å²) in [6.45, 7) is 8.81. The molecule has 1 aromatic heterocycles. The van der Waals surface area contributed by atoms with Gasteiger partial charge in [-0.05, 0) is 51.5 Å². The van der Waals surface area contributed by atoms with Crippen molar-refractivity contribution in [3.8, 4) is 0 Å². The summed E-state index contributed by atoms with van der Waals surface area (Å²) in [7, 11) is 1.95. The van der Waals surface area contributed by atoms with E-state index in [2.05, 4.69) is 22.2 Å². The summed E-state index contributed by atoms with van der Waals surface area (Å²) >= 11 is 0. The van der Waals surface area contributed by atoms with Crippen LogP contribution in [0.1, 0.15) is 68.8 Å². The second-order valence-corrected chi connectivity index (χ2v) is 9.22. The van der Waals surface area contributed by atoms with Gasteiger partial charge in [-0.1, -0.05) is 26.2 Å². The maximum Gasteiger partial charge on any atom is 0.223 e. The van der Waals surface area contributed by atoms with Crippen LogP contribution >= 0.6 is 0 Å². The molecule has 1 aliphatic carbocycles. The number of nitrogens with one attached hydrogen (secondary N) is 1. The lowest BCUT2D eigenvalue weighted by Crippen LogP contribution is -2.51. The molecule has 2 heterocycles. The highest BCUT2D eigenvalue weighted by atomic mass is 16.3. The number of likely N-dealkylation sites (tertiary alicyclic amines) is 1. The van der Waals surface area contributed by atoms with Gasteiger partial charge in [-0.2, -0.15) is 5.10 Å². The van der Waals surface area contributed by atoms with Gasteiger partial charge in [-0.15, -0.1) is 0 Å². The molecule has 6 heteroatoms. The van der Waals surface area contributed by atoms with Gasteiger partial charge in [0, 0.05) is 44.3 Å². The Kier molecular flexibility index (Phi) is 6.81. The molecule has 158 valence electrons. The normalized spacial score (nSPS) is 22.2. The highest BCUT2D eigenvalue weighted by molar-refractivity contribution is 5.79. The van der Waals surface area contributed by atoms with Crippen LogP contribution in [-0.4, -0.2) is 57.0 Å². The first-order chi connectivity index (χ1) is 13.3. The van der Waals surface area contributed by atoms with Crippen molar-refractivity contribution in [1.29, 1.82) is 0 Å². The highest BCUT2D eigenvalue weighted by Crippen LogP contribution is 2.29. The fraction of sp³-hybridized carbons (Fsp3) is 0.818. The summed E-state index contributed by atoms with van der Waals surface area (Å²) < 4.78 is 1.89. The van der Waals surface area contributed by atoms with Gasteiger partial charge in [0.15, 0.2) is 0 Å². The molecule has 28 heavy (non-hydrogen) atoms. The number of hydrogen-bond acceptors (Lipinski definition) is 4. The van der Waals surface area contributed by atoms with Crippen molar-refractivity contribution < 1.29 is 9.90 Å². The van der Waals surface area contributed by atoms with Crippen LogP contribution in [-0.2, 0) is 18.3 Å². The van der Waals surface area contributed by atoms with E-state index < -0.39 is 5.60 Å². The van der Waals surface area contributed by atoms with Gasteiger partial charge in [0.2, 0.25) is 5.91 Å². The van der Waals surface area contributed by atoms with Crippen LogP contribution in [0.15, 0.2) is 0 Å². The molecule has 1 aromatic rings. The predicted octanol–water partition coefficient (Wildman–Crippen LogP) is 2.49. The highest BCUT2D eigenvalue weighted by Gasteiger charge is 2.33. The molecule has 1 saturated heterocycles. The quantitative estimate of drug-likeness (QED) is 0.783. The first kappa shape index (κ1) is 21.3. The average Bonchev–Trinajstić information content (AvgIpc) is 2.89. The summed E-state index contributed by atoms with van der Waals surface area (Å²) in [6, 6.07) is 0.253. The van der Waals surface area contributed by atoms with E-state index in [0.717, 1.165) is 76.0 Å². The minimum Gasteiger partial charge on any atom is -0.389 e. The molecule has 0 bridgehead atoms. The molecule has 0 aromatic carbocycles. The lowest BCUT2D eigenvalue weighted by atomic mass is 9.84. The van der Waals surface area contributed by atoms with Crippen molar-refractivity contribution in [2.75, 3.05) is 19.6 Å². The third kappa shape index (κ3) is 5.15. The van der Waals surface area contributed by atoms with Crippen LogP contribution in [0.25, 0.3) is 0 Å². The smallest absolute Gasteiger partial charge is 0.223 e. The molecular formula is C22H38N4O2. The molecule has 0 radical (unpaired) electrons. The molecule has 6 nitrogen and oxygen atoms in total. The minimum absolute atomic E-state index is 0.0532. The van der Waals surface area contributed by atoms with E-state index in [1.165, 1.54) is 12.0 Å². The van der Waals surface area contributed by atoms with Crippen molar-refractivity contribution >= 4 is 5.91 Å². The van der Waals surface area contributed by atoms with Crippen LogP contribution in [0.2, 0.25) is 0 Å². The average molecular weight is 391 g/mol. The number of nitrogens with zero attached hydrogens (tertiary/aromatic N) is 3. The van der Waals surface area contributed by atoms with Gasteiger partial charge in [0.25, 0.3) is 0 Å². The number of rotatable bonds is 6. The molecule has 1 atom stereocenters. The lowest BCUT2D eigenvalue weighted by Gasteiger charge is -2.40. The fourth-order valence-electron chi connectivity index (χ4n) is 4.87. The van der Waals surface area contributed by atoms with Crippen LogP contribution in [0.5, 0.6) is 0 Å². The lowest BCUT2D eigenvalue weighted by molar-refractivity contribution is -0.125. The summed E-state index contributed by atoms with van der Waals surface area (Å²) in [5.41, 5.74) is 2.88. The Morgan fingerprint density at radius 2 is 1.89 bits per heavy atom. The van der Waals surface area contributed by atoms with E-state index in [0.29, 0.717) is 0 Å². The molecule has 1 saturated carbocycles. The van der Waals surface area contributed by atoms with Crippen LogP contribution in [0, 0.1) is 19.8 Å². The zero-order chi connectivity index (χ0) is 20.3. The Morgan fingerprint density at radius 3 is 2.46 bits per heavy atom. The molecule has 0 spiro atoms. The van der Waals surface area contributed by atoms with Crippen molar-refractivity contribution in [2.45, 2.75) is 83.8 Å². The molecule has 2 fully saturated rings. The zero-order valence-corrected chi connectivity index (χ0v) is 18.1. The molecule has 1 amide bonds. The van der Waals surface area contributed by atoms with Crippen molar-refractivity contribution in [1.82, 2.24) is 20.0 Å². The summed E-state index contributed by atoms with van der Waals surface area (Å²) in [4.78, 5) is 15.1. The number of hydrogen-bond donors (Lipinski definition) is 2. The standard InChI is InChI=1S/C22H38N4O2/c1-16(14-20-17(2)24-25(4)18(20)3)21(27)23-19-8-12-26(13-9-19)15-22(28)10-6-5-7-11-22/h16,19,28H,5-15H2,1-4H3,(H,23,27). The van der Waals surface area contributed by atoms with E-state index in [9.17, 15) is 9.90 Å². The van der Waals surface area contributed by atoms with E-state index >= 15 is 0 Å². The van der Waals surface area contributed by atoms with Gasteiger partial charge >= 0.3 is 0 Å². The number of carbonyl (C=O) groups excluding carboxylic acids is 1. The van der Waals surface area contributed by atoms with Crippen molar-refractivity contribution in [3.05, 3.63) is 17.0 Å². The predicted molar refractivity (Wildman–Crippen MR) is 111 cm³/mol. The number of aromatic nitrogens is 2. The van der Waals surface area contributed by atoms with Gasteiger partial charge < -0.3 is 15.3 Å². The molecular weight excluding hydrogens is 352 g/mol. The number of carbonyl (C=O) groups is 1. The molecule has 3 rings (SSSR count). The number of aryl methyl sites for hydroxylation is 2. The Bertz CT molecular complexity index is 670. The molecule has 2 aliphatic rings. The van der Waals surface area contributed by atoms with Crippen molar-refractivity contribution in [3.63, 3.8) is 0 Å². The second-order valence-electron chi connectivity index (χ2n) is 9.22. The first-order valence-electron chi connectivity index (χ1n) is 11.0. The third-order valence-electron chi connectivity index (χ3n) is 6.85. The van der Waals surface area contributed by atoms with Crippen LogP contribution in [0.3, 0.4) is 0 Å². The van der Waals surface area contributed by atoms with Crippen LogP contribution < -0.4 is 5.32 Å². The number of aliphatic hydroxyl groups is 1. The first-order valence-corrected chi connectivity index (χ1v) is 11.0. The fourth-order valence-corrected chi connectivity index (χ4v) is 4.87. The molecule has 1 aliphatic heterocycles. The monoisotopic (exact) mass is 390 g/mol. The minimum atomic E-state index is -0.484. The maximum absolute atomic E-state index is 12.7. The van der Waals surface area contributed by atoms with E-state index in [4.69, 9.17) is 0 Å². The SMILES string of the molecule is Cc1nn(C)c(C)c1CC(C)C(=O)NC1CCN(CC2(O)CCCCC2)CC1. The van der Waals surface area contributed by atoms with Crippen molar-refractivity contribution in [2.24, 2.45) is 13.0 Å². The number of β-amino-alcohol motifs (C(OH)–C–C–N with tert-alkyl or cyclic N) is 1. The van der Waals surface area contributed by atoms with Gasteiger partial charge in [0.1, 0.15) is 0 Å². The van der Waals surface area contributed by atoms with Gasteiger partial charge in [-0.3, -0.25) is 9.48 Å². The van der Waals surface area contributed by atoms with E-state index in [1.54, 1.807) is 0 Å². The number of amides is 1. The summed E-state index contributed by atoms with van der Waals surface area (Å²) in [6.07, 6.45) is 8.12. The van der Waals surface area contributed by atoms with E-state index in [1.807, 2.05) is 25.6 Å². The zero-order valence-electron chi connectivity index (χ0n) is 18.1.